The predicted octanol–water partition coefficient (Wildman–Crippen LogP) is 6.57. The lowest BCUT2D eigenvalue weighted by Gasteiger charge is -2.42. The Bertz CT molecular complexity index is 3450. The fraction of sp³-hybridized carbons (Fsp3) is 0.0769. The van der Waals surface area contributed by atoms with Gasteiger partial charge in [0.2, 0.25) is 0 Å². The fourth-order valence-corrected chi connectivity index (χ4v) is 10.3. The molecule has 10 aromatic rings. The van der Waals surface area contributed by atoms with Crippen LogP contribution in [0.4, 0.5) is 11.4 Å². The van der Waals surface area contributed by atoms with Crippen LogP contribution < -0.4 is 43.1 Å². The number of benzene rings is 8. The van der Waals surface area contributed by atoms with E-state index < -0.39 is 0 Å². The zero-order chi connectivity index (χ0) is 41.3. The molecular formula is C52H32B6N2O. The molecule has 0 bridgehead atoms. The van der Waals surface area contributed by atoms with E-state index in [1.807, 2.05) is 12.1 Å². The second kappa shape index (κ2) is 13.5. The highest BCUT2D eigenvalue weighted by atomic mass is 16.3. The van der Waals surface area contributed by atoms with E-state index in [1.165, 1.54) is 38.3 Å². The van der Waals surface area contributed by atoms with Crippen molar-refractivity contribution in [3.8, 4) is 39.1 Å². The molecule has 0 amide bonds. The van der Waals surface area contributed by atoms with Crippen molar-refractivity contribution in [2.24, 2.45) is 0 Å². The van der Waals surface area contributed by atoms with Gasteiger partial charge in [0.1, 0.15) is 50.4 Å². The van der Waals surface area contributed by atoms with Gasteiger partial charge in [0, 0.05) is 44.2 Å². The number of para-hydroxylation sites is 2. The lowest BCUT2D eigenvalue weighted by atomic mass is 9.43. The molecule has 61 heavy (non-hydrogen) atoms. The maximum atomic E-state index is 6.87. The third-order valence-electron chi connectivity index (χ3n) is 13.2. The van der Waals surface area contributed by atoms with Crippen molar-refractivity contribution in [1.29, 1.82) is 0 Å². The zero-order valence-electron chi connectivity index (χ0n) is 33.7. The summed E-state index contributed by atoms with van der Waals surface area (Å²) in [7, 11) is 33.2. The summed E-state index contributed by atoms with van der Waals surface area (Å²) in [5.41, 5.74) is 17.9. The number of anilines is 2. The van der Waals surface area contributed by atoms with Crippen LogP contribution in [0.5, 0.6) is 0 Å². The lowest BCUT2D eigenvalue weighted by molar-refractivity contribution is 0.669. The van der Waals surface area contributed by atoms with Crippen molar-refractivity contribution in [3.05, 3.63) is 145 Å². The van der Waals surface area contributed by atoms with E-state index in [4.69, 9.17) is 43.6 Å². The average molecular weight is 766 g/mol. The number of fused-ring (bicyclic) bond motifs is 10. The molecule has 0 saturated heterocycles. The van der Waals surface area contributed by atoms with Crippen LogP contribution in [0.25, 0.3) is 82.8 Å². The Labute approximate surface area is 361 Å². The Balaban J connectivity index is 1.22. The minimum Gasteiger partial charge on any atom is -0.456 e. The standard InChI is InChI=1S/C52H32B6N2O/c1-2-3-10-28-17-22-40-35(23-28)34-14-9-15-39-52(34)59(40)42-25-31(45-46(53)48(55)50(57)49(56)47(45)54)24-38-36-27-44-37(33-13-7-8-16-43(33)61-44)26-41(36)60(58(39)51(38)42)32-20-18-30(19-21-32)29-11-5-4-6-12-29/h4-9,11-27H,2-3,10H2,1H3. The first-order chi connectivity index (χ1) is 29.8. The summed E-state index contributed by atoms with van der Waals surface area (Å²) < 4.78 is 9.06. The molecule has 0 fully saturated rings. The Hall–Kier alpha value is -6.45. The molecule has 0 saturated carbocycles. The van der Waals surface area contributed by atoms with Crippen LogP contribution >= 0.6 is 0 Å². The van der Waals surface area contributed by atoms with Crippen LogP contribution in [0.2, 0.25) is 0 Å². The molecule has 9 heteroatoms. The number of furan rings is 1. The first kappa shape index (κ1) is 36.4. The quantitative estimate of drug-likeness (QED) is 0.179. The van der Waals surface area contributed by atoms with Crippen LogP contribution in [0.15, 0.2) is 144 Å². The van der Waals surface area contributed by atoms with E-state index in [-0.39, 0.29) is 23.2 Å². The Kier molecular flexibility index (Phi) is 8.07. The molecule has 2 aliphatic rings. The Morgan fingerprint density at radius 3 is 2.05 bits per heavy atom. The van der Waals surface area contributed by atoms with Gasteiger partial charge in [-0.25, -0.2) is 0 Å². The molecule has 2 aromatic heterocycles. The van der Waals surface area contributed by atoms with Crippen molar-refractivity contribution in [3.63, 3.8) is 0 Å². The van der Waals surface area contributed by atoms with Crippen molar-refractivity contribution in [1.82, 2.24) is 4.57 Å². The smallest absolute Gasteiger partial charge is 0.333 e. The number of hydrogen-bond donors (Lipinski definition) is 0. The van der Waals surface area contributed by atoms with Crippen LogP contribution in [-0.4, -0.2) is 50.6 Å². The summed E-state index contributed by atoms with van der Waals surface area (Å²) in [6.07, 6.45) is 3.31. The van der Waals surface area contributed by atoms with Crippen LogP contribution in [-0.2, 0) is 6.42 Å². The summed E-state index contributed by atoms with van der Waals surface area (Å²) in [4.78, 5) is 2.53. The largest absolute Gasteiger partial charge is 0.456 e. The summed E-state index contributed by atoms with van der Waals surface area (Å²) in [6.45, 7) is 2.04. The normalized spacial score (nSPS) is 12.8. The van der Waals surface area contributed by atoms with Crippen LogP contribution in [0, 0.1) is 0 Å². The highest BCUT2D eigenvalue weighted by Crippen LogP contribution is 2.48. The Morgan fingerprint density at radius 1 is 0.541 bits per heavy atom. The third kappa shape index (κ3) is 5.19. The molecule has 12 rings (SSSR count). The van der Waals surface area contributed by atoms with E-state index in [9.17, 15) is 0 Å². The first-order valence-electron chi connectivity index (χ1n) is 21.0. The summed E-state index contributed by atoms with van der Waals surface area (Å²) in [6, 6.07) is 50.5. The highest BCUT2D eigenvalue weighted by molar-refractivity contribution is 6.93. The molecule has 2 aliphatic heterocycles. The molecule has 0 aliphatic carbocycles. The van der Waals surface area contributed by atoms with E-state index in [0.29, 0.717) is 16.5 Å². The number of aryl methyl sites for hydroxylation is 1. The predicted molar refractivity (Wildman–Crippen MR) is 264 cm³/mol. The molecule has 274 valence electrons. The van der Waals surface area contributed by atoms with Crippen LogP contribution in [0.1, 0.15) is 25.3 Å². The first-order valence-corrected chi connectivity index (χ1v) is 21.0. The van der Waals surface area contributed by atoms with Crippen molar-refractivity contribution in [2.45, 2.75) is 26.2 Å². The number of unbranched alkanes of at least 4 members (excludes halogenated alkanes) is 1. The maximum absolute atomic E-state index is 6.87. The van der Waals surface area contributed by atoms with E-state index in [1.54, 1.807) is 0 Å². The topological polar surface area (TPSA) is 21.3 Å². The minimum atomic E-state index is -0.207. The monoisotopic (exact) mass is 766 g/mol. The molecule has 8 aromatic carbocycles. The minimum absolute atomic E-state index is 0.190. The van der Waals surface area contributed by atoms with Gasteiger partial charge < -0.3 is 13.8 Å². The van der Waals surface area contributed by atoms with Gasteiger partial charge in [0.05, 0.1) is 11.0 Å². The number of nitrogens with zero attached hydrogens (tertiary/aromatic N) is 2. The van der Waals surface area contributed by atoms with Crippen molar-refractivity contribution in [2.75, 3.05) is 4.81 Å². The number of rotatable bonds is 6. The molecule has 4 heterocycles. The molecule has 0 atom stereocenters. The molecule has 0 N–H and O–H groups in total. The summed E-state index contributed by atoms with van der Waals surface area (Å²) >= 11 is 0. The molecule has 10 radical (unpaired) electrons. The van der Waals surface area contributed by atoms with Gasteiger partial charge in [-0.05, 0) is 112 Å². The fourth-order valence-electron chi connectivity index (χ4n) is 10.3. The molecular weight excluding hydrogens is 733 g/mol. The Morgan fingerprint density at radius 2 is 1.26 bits per heavy atom. The van der Waals surface area contributed by atoms with Gasteiger partial charge >= 0.3 is 6.85 Å². The molecule has 0 spiro atoms. The maximum Gasteiger partial charge on any atom is 0.333 e. The number of hydrogen-bond acceptors (Lipinski definition) is 2. The summed E-state index contributed by atoms with van der Waals surface area (Å²) in [5.74, 6) is 0. The second-order valence-electron chi connectivity index (χ2n) is 16.6. The van der Waals surface area contributed by atoms with Crippen molar-refractivity contribution >= 4 is 139 Å². The van der Waals surface area contributed by atoms with E-state index in [0.717, 1.165) is 86.0 Å². The van der Waals surface area contributed by atoms with Crippen LogP contribution in [0.3, 0.4) is 0 Å². The molecule has 3 nitrogen and oxygen atoms in total. The zero-order valence-corrected chi connectivity index (χ0v) is 33.7. The van der Waals surface area contributed by atoms with Gasteiger partial charge in [-0.3, -0.25) is 0 Å². The number of aromatic nitrogens is 1. The van der Waals surface area contributed by atoms with Gasteiger partial charge in [0.25, 0.3) is 0 Å². The SMILES string of the molecule is [B]c1c([B])c([B])c(-c2cc3c4c(c2)-n2c5ccc(CCCC)cc5c5cccc(c52)B4N(c2ccc(-c4ccccc4)cc2)c2cc4c(cc2-3)oc2ccccc24)c([B])c1[B]. The second-order valence-corrected chi connectivity index (χ2v) is 16.6. The lowest BCUT2D eigenvalue weighted by Crippen LogP contribution is -2.60. The highest BCUT2D eigenvalue weighted by Gasteiger charge is 2.44. The van der Waals surface area contributed by atoms with Gasteiger partial charge in [0.15, 0.2) is 0 Å². The van der Waals surface area contributed by atoms with Crippen molar-refractivity contribution < 1.29 is 4.42 Å². The van der Waals surface area contributed by atoms with E-state index in [2.05, 4.69) is 144 Å². The summed E-state index contributed by atoms with van der Waals surface area (Å²) in [5, 5.41) is 4.56. The van der Waals surface area contributed by atoms with Gasteiger partial charge in [-0.1, -0.05) is 109 Å². The third-order valence-corrected chi connectivity index (χ3v) is 13.2. The molecule has 0 unspecified atom stereocenters. The van der Waals surface area contributed by atoms with Gasteiger partial charge in [-0.2, -0.15) is 0 Å². The van der Waals surface area contributed by atoms with E-state index >= 15 is 0 Å². The average Bonchev–Trinajstić information content (AvgIpc) is 3.83. The van der Waals surface area contributed by atoms with Gasteiger partial charge in [-0.15, -0.1) is 16.4 Å².